The third kappa shape index (κ3) is 4.06. The highest BCUT2D eigenvalue weighted by Gasteiger charge is 2.14. The van der Waals surface area contributed by atoms with E-state index >= 15 is 0 Å². The first-order chi connectivity index (χ1) is 12.1. The van der Waals surface area contributed by atoms with E-state index in [1.54, 1.807) is 23.1 Å². The van der Waals surface area contributed by atoms with E-state index in [-0.39, 0.29) is 10.8 Å². The van der Waals surface area contributed by atoms with Gasteiger partial charge in [0, 0.05) is 24.2 Å². The van der Waals surface area contributed by atoms with Crippen LogP contribution in [0.2, 0.25) is 5.02 Å². The van der Waals surface area contributed by atoms with E-state index in [1.165, 1.54) is 19.2 Å². The van der Waals surface area contributed by atoms with Crippen LogP contribution in [0.4, 0.5) is 8.78 Å². The van der Waals surface area contributed by atoms with E-state index in [0.29, 0.717) is 23.6 Å². The third-order valence-electron chi connectivity index (χ3n) is 3.45. The van der Waals surface area contributed by atoms with Crippen LogP contribution in [0, 0.1) is 0 Å². The van der Waals surface area contributed by atoms with Gasteiger partial charge in [-0.2, -0.15) is 13.9 Å². The number of rotatable bonds is 6. The molecule has 0 spiro atoms. The second kappa shape index (κ2) is 7.48. The number of benzene rings is 1. The lowest BCUT2D eigenvalue weighted by molar-refractivity contribution is -0.0497. The summed E-state index contributed by atoms with van der Waals surface area (Å²) in [6.07, 6.45) is 5.21. The molecule has 0 radical (unpaired) electrons. The van der Waals surface area contributed by atoms with Gasteiger partial charge in [-0.3, -0.25) is 9.67 Å². The lowest BCUT2D eigenvalue weighted by Gasteiger charge is -2.12. The lowest BCUT2D eigenvalue weighted by atomic mass is 10.1. The first-order valence-corrected chi connectivity index (χ1v) is 7.69. The van der Waals surface area contributed by atoms with Crippen LogP contribution in [-0.4, -0.2) is 28.5 Å². The van der Waals surface area contributed by atoms with Gasteiger partial charge in [0.2, 0.25) is 0 Å². The molecule has 0 aliphatic carbocycles. The average Bonchev–Trinajstić information content (AvgIpc) is 3.09. The topological polar surface area (TPSA) is 49.2 Å². The second-order valence-corrected chi connectivity index (χ2v) is 5.53. The van der Waals surface area contributed by atoms with Gasteiger partial charge in [-0.25, -0.2) is 0 Å². The molecule has 0 aliphatic heterocycles. The minimum atomic E-state index is -2.96. The Morgan fingerprint density at radius 3 is 2.76 bits per heavy atom. The summed E-state index contributed by atoms with van der Waals surface area (Å²) in [4.78, 5) is 4.40. The summed E-state index contributed by atoms with van der Waals surface area (Å²) in [5.41, 5.74) is 1.95. The first-order valence-electron chi connectivity index (χ1n) is 7.32. The smallest absolute Gasteiger partial charge is 0.387 e. The van der Waals surface area contributed by atoms with Gasteiger partial charge in [0.1, 0.15) is 17.2 Å². The highest BCUT2D eigenvalue weighted by Crippen LogP contribution is 2.35. The Labute approximate surface area is 147 Å². The molecule has 0 unspecified atom stereocenters. The Bertz CT molecular complexity index is 857. The molecule has 0 amide bonds. The van der Waals surface area contributed by atoms with E-state index in [4.69, 9.17) is 16.3 Å². The number of hydrogen-bond donors (Lipinski definition) is 0. The molecule has 25 heavy (non-hydrogen) atoms. The van der Waals surface area contributed by atoms with E-state index in [9.17, 15) is 8.78 Å². The Balaban J connectivity index is 1.94. The molecule has 2 aromatic heterocycles. The van der Waals surface area contributed by atoms with Gasteiger partial charge in [-0.1, -0.05) is 17.7 Å². The van der Waals surface area contributed by atoms with E-state index < -0.39 is 6.61 Å². The number of ether oxygens (including phenoxy) is 2. The molecule has 3 aromatic rings. The largest absolute Gasteiger partial charge is 0.494 e. The molecule has 5 nitrogen and oxygen atoms in total. The maximum absolute atomic E-state index is 12.5. The summed E-state index contributed by atoms with van der Waals surface area (Å²) < 4.78 is 36.6. The number of methoxy groups -OCH3 is 1. The fraction of sp³-hybridized carbons (Fsp3) is 0.176. The summed E-state index contributed by atoms with van der Waals surface area (Å²) >= 11 is 5.89. The van der Waals surface area contributed by atoms with Crippen molar-refractivity contribution >= 4 is 11.6 Å². The molecule has 130 valence electrons. The predicted molar refractivity (Wildman–Crippen MR) is 89.2 cm³/mol. The van der Waals surface area contributed by atoms with Crippen molar-refractivity contribution in [1.82, 2.24) is 14.8 Å². The predicted octanol–water partition coefficient (Wildman–Crippen LogP) is 4.26. The molecular weight excluding hydrogens is 352 g/mol. The fourth-order valence-corrected chi connectivity index (χ4v) is 2.52. The molecular formula is C17H14ClF2N3O2. The molecule has 2 heterocycles. The molecule has 0 saturated heterocycles. The van der Waals surface area contributed by atoms with Gasteiger partial charge in [0.15, 0.2) is 0 Å². The standard InChI is InChI=1S/C17H14ClF2N3O2/c1-24-15-7-11(10-23-6-2-5-22-23)9-21-16(15)12-3-4-13(18)14(8-12)25-17(19)20/h2-9,17H,10H2,1H3. The molecule has 0 bridgehead atoms. The van der Waals surface area contributed by atoms with E-state index in [2.05, 4.69) is 14.8 Å². The van der Waals surface area contributed by atoms with E-state index in [0.717, 1.165) is 5.56 Å². The number of pyridine rings is 1. The van der Waals surface area contributed by atoms with Gasteiger partial charge in [0.05, 0.1) is 18.7 Å². The normalized spacial score (nSPS) is 10.9. The number of halogens is 3. The highest BCUT2D eigenvalue weighted by molar-refractivity contribution is 6.32. The first kappa shape index (κ1) is 17.2. The second-order valence-electron chi connectivity index (χ2n) is 5.12. The Kier molecular flexibility index (Phi) is 5.14. The molecule has 0 atom stereocenters. The van der Waals surface area contributed by atoms with Crippen molar-refractivity contribution in [2.45, 2.75) is 13.2 Å². The average molecular weight is 366 g/mol. The summed E-state index contributed by atoms with van der Waals surface area (Å²) in [6, 6.07) is 8.21. The zero-order valence-electron chi connectivity index (χ0n) is 13.2. The number of nitrogens with zero attached hydrogens (tertiary/aromatic N) is 3. The number of hydrogen-bond acceptors (Lipinski definition) is 4. The summed E-state index contributed by atoms with van der Waals surface area (Å²) in [6.45, 7) is -2.42. The Hall–Kier alpha value is -2.67. The van der Waals surface area contributed by atoms with Crippen LogP contribution in [0.5, 0.6) is 11.5 Å². The molecule has 3 rings (SSSR count). The fourth-order valence-electron chi connectivity index (χ4n) is 2.36. The maximum Gasteiger partial charge on any atom is 0.387 e. The molecule has 0 fully saturated rings. The van der Waals surface area contributed by atoms with Crippen molar-refractivity contribution in [2.75, 3.05) is 7.11 Å². The maximum atomic E-state index is 12.5. The molecule has 0 N–H and O–H groups in total. The lowest BCUT2D eigenvalue weighted by Crippen LogP contribution is -2.03. The van der Waals surface area contributed by atoms with Crippen LogP contribution in [0.15, 0.2) is 48.9 Å². The van der Waals surface area contributed by atoms with Gasteiger partial charge in [0.25, 0.3) is 0 Å². The monoisotopic (exact) mass is 365 g/mol. The number of aromatic nitrogens is 3. The molecule has 0 aliphatic rings. The Morgan fingerprint density at radius 2 is 2.08 bits per heavy atom. The van der Waals surface area contributed by atoms with Crippen molar-refractivity contribution in [3.05, 3.63) is 59.5 Å². The van der Waals surface area contributed by atoms with Crippen molar-refractivity contribution in [1.29, 1.82) is 0 Å². The molecule has 0 saturated carbocycles. The zero-order valence-corrected chi connectivity index (χ0v) is 14.0. The van der Waals surface area contributed by atoms with Crippen LogP contribution in [0.3, 0.4) is 0 Å². The van der Waals surface area contributed by atoms with Crippen LogP contribution in [-0.2, 0) is 6.54 Å². The minimum Gasteiger partial charge on any atom is -0.494 e. The van der Waals surface area contributed by atoms with Crippen molar-refractivity contribution in [2.24, 2.45) is 0 Å². The van der Waals surface area contributed by atoms with Gasteiger partial charge in [-0.05, 0) is 29.8 Å². The van der Waals surface area contributed by atoms with Crippen LogP contribution in [0.1, 0.15) is 5.56 Å². The van der Waals surface area contributed by atoms with E-state index in [1.807, 2.05) is 18.3 Å². The van der Waals surface area contributed by atoms with Gasteiger partial charge in [-0.15, -0.1) is 0 Å². The quantitative estimate of drug-likeness (QED) is 0.655. The Morgan fingerprint density at radius 1 is 1.24 bits per heavy atom. The van der Waals surface area contributed by atoms with Crippen LogP contribution in [0.25, 0.3) is 11.3 Å². The molecule has 8 heteroatoms. The third-order valence-corrected chi connectivity index (χ3v) is 3.77. The summed E-state index contributed by atoms with van der Waals surface area (Å²) in [5.74, 6) is 0.397. The number of alkyl halides is 2. The van der Waals surface area contributed by atoms with Gasteiger partial charge >= 0.3 is 6.61 Å². The SMILES string of the molecule is COc1cc(Cn2cccn2)cnc1-c1ccc(Cl)c(OC(F)F)c1. The van der Waals surface area contributed by atoms with Crippen LogP contribution >= 0.6 is 11.6 Å². The summed E-state index contributed by atoms with van der Waals surface area (Å²) in [5, 5.41) is 4.24. The summed E-state index contributed by atoms with van der Waals surface area (Å²) in [7, 11) is 1.52. The van der Waals surface area contributed by atoms with Crippen LogP contribution < -0.4 is 9.47 Å². The van der Waals surface area contributed by atoms with Crippen molar-refractivity contribution < 1.29 is 18.3 Å². The van der Waals surface area contributed by atoms with Gasteiger partial charge < -0.3 is 9.47 Å². The molecule has 1 aromatic carbocycles. The zero-order chi connectivity index (χ0) is 17.8. The minimum absolute atomic E-state index is 0.0957. The highest BCUT2D eigenvalue weighted by atomic mass is 35.5. The van der Waals surface area contributed by atoms with Crippen molar-refractivity contribution in [3.63, 3.8) is 0 Å². The van der Waals surface area contributed by atoms with Crippen molar-refractivity contribution in [3.8, 4) is 22.8 Å².